The highest BCUT2D eigenvalue weighted by Crippen LogP contribution is 2.23. The Morgan fingerprint density at radius 3 is 2.70 bits per heavy atom. The van der Waals surface area contributed by atoms with Gasteiger partial charge in [0.15, 0.2) is 5.96 Å². The molecule has 0 aliphatic carbocycles. The molecule has 1 heterocycles. The lowest BCUT2D eigenvalue weighted by atomic mass is 10.2. The first-order valence-electron chi connectivity index (χ1n) is 6.93. The Morgan fingerprint density at radius 2 is 1.91 bits per heavy atom. The standard InChI is InChI=1S/C17H17N3O2.HI/c1-21-16-9-5-3-7-14(16)20-17(18)19-11-13-10-12-6-2-4-8-15(12)22-13;/h2-10H,11H2,1H3,(H3,18,19,20);1H. The third-order valence-electron chi connectivity index (χ3n) is 3.25. The fourth-order valence-electron chi connectivity index (χ4n) is 2.20. The monoisotopic (exact) mass is 423 g/mol. The summed E-state index contributed by atoms with van der Waals surface area (Å²) >= 11 is 0. The fourth-order valence-corrected chi connectivity index (χ4v) is 2.20. The summed E-state index contributed by atoms with van der Waals surface area (Å²) in [6.07, 6.45) is 0. The van der Waals surface area contributed by atoms with Gasteiger partial charge in [-0.3, -0.25) is 0 Å². The van der Waals surface area contributed by atoms with Gasteiger partial charge in [-0.25, -0.2) is 4.99 Å². The van der Waals surface area contributed by atoms with E-state index in [1.54, 1.807) is 7.11 Å². The number of hydrogen-bond acceptors (Lipinski definition) is 3. The van der Waals surface area contributed by atoms with Crippen LogP contribution in [0.2, 0.25) is 0 Å². The van der Waals surface area contributed by atoms with Crippen molar-refractivity contribution in [1.29, 1.82) is 0 Å². The predicted octanol–water partition coefficient (Wildman–Crippen LogP) is 3.99. The third kappa shape index (κ3) is 4.16. The average molecular weight is 423 g/mol. The van der Waals surface area contributed by atoms with Gasteiger partial charge in [0.05, 0.1) is 12.8 Å². The number of guanidine groups is 1. The molecule has 0 fully saturated rings. The molecule has 1 aromatic heterocycles. The number of benzene rings is 2. The minimum absolute atomic E-state index is 0. The second-order valence-electron chi connectivity index (χ2n) is 4.78. The molecule has 0 atom stereocenters. The number of ether oxygens (including phenoxy) is 1. The summed E-state index contributed by atoms with van der Waals surface area (Å²) in [6, 6.07) is 17.3. The first-order chi connectivity index (χ1) is 10.8. The quantitative estimate of drug-likeness (QED) is 0.378. The number of halogens is 1. The number of nitrogens with two attached hydrogens (primary N) is 1. The first-order valence-corrected chi connectivity index (χ1v) is 6.93. The van der Waals surface area contributed by atoms with Gasteiger partial charge in [-0.2, -0.15) is 0 Å². The average Bonchev–Trinajstić information content (AvgIpc) is 2.96. The summed E-state index contributed by atoms with van der Waals surface area (Å²) in [6.45, 7) is 0.378. The lowest BCUT2D eigenvalue weighted by Crippen LogP contribution is -2.22. The predicted molar refractivity (Wildman–Crippen MR) is 104 cm³/mol. The van der Waals surface area contributed by atoms with Crippen molar-refractivity contribution >= 4 is 46.6 Å². The number of nitrogens with one attached hydrogen (secondary N) is 1. The van der Waals surface area contributed by atoms with Crippen molar-refractivity contribution in [3.63, 3.8) is 0 Å². The van der Waals surface area contributed by atoms with Crippen molar-refractivity contribution in [1.82, 2.24) is 0 Å². The number of methoxy groups -OCH3 is 1. The van der Waals surface area contributed by atoms with E-state index in [1.807, 2.05) is 54.6 Å². The maximum Gasteiger partial charge on any atom is 0.193 e. The highest BCUT2D eigenvalue weighted by atomic mass is 127. The van der Waals surface area contributed by atoms with Crippen LogP contribution in [0.25, 0.3) is 11.0 Å². The van der Waals surface area contributed by atoms with Gasteiger partial charge in [0.2, 0.25) is 0 Å². The summed E-state index contributed by atoms with van der Waals surface area (Å²) < 4.78 is 11.0. The molecule has 0 saturated carbocycles. The van der Waals surface area contributed by atoms with Crippen LogP contribution in [-0.4, -0.2) is 13.1 Å². The lowest BCUT2D eigenvalue weighted by Gasteiger charge is -2.09. The summed E-state index contributed by atoms with van der Waals surface area (Å²) in [5.41, 5.74) is 7.54. The van der Waals surface area contributed by atoms with Crippen molar-refractivity contribution < 1.29 is 9.15 Å². The molecule has 23 heavy (non-hydrogen) atoms. The third-order valence-corrected chi connectivity index (χ3v) is 3.25. The highest BCUT2D eigenvalue weighted by molar-refractivity contribution is 14.0. The molecular formula is C17H18IN3O2. The molecule has 120 valence electrons. The van der Waals surface area contributed by atoms with Gasteiger partial charge in [0, 0.05) is 5.39 Å². The number of hydrogen-bond donors (Lipinski definition) is 2. The number of furan rings is 1. The first kappa shape index (κ1) is 17.1. The smallest absolute Gasteiger partial charge is 0.193 e. The van der Waals surface area contributed by atoms with Crippen LogP contribution >= 0.6 is 24.0 Å². The molecule has 0 aliphatic rings. The van der Waals surface area contributed by atoms with E-state index in [0.717, 1.165) is 22.4 Å². The lowest BCUT2D eigenvalue weighted by molar-refractivity contribution is 0.417. The van der Waals surface area contributed by atoms with Crippen molar-refractivity contribution in [2.24, 2.45) is 10.7 Å². The maximum absolute atomic E-state index is 5.91. The second-order valence-corrected chi connectivity index (χ2v) is 4.78. The van der Waals surface area contributed by atoms with Gasteiger partial charge in [0.25, 0.3) is 0 Å². The minimum Gasteiger partial charge on any atom is -0.495 e. The van der Waals surface area contributed by atoms with E-state index in [2.05, 4.69) is 10.3 Å². The Hall–Kier alpha value is -2.22. The number of fused-ring (bicyclic) bond motifs is 1. The van der Waals surface area contributed by atoms with E-state index < -0.39 is 0 Å². The number of aliphatic imine (C=N–C) groups is 1. The van der Waals surface area contributed by atoms with Gasteiger partial charge in [-0.15, -0.1) is 24.0 Å². The minimum atomic E-state index is 0. The van der Waals surface area contributed by atoms with Crippen LogP contribution in [0.4, 0.5) is 5.69 Å². The van der Waals surface area contributed by atoms with Crippen LogP contribution in [-0.2, 0) is 6.54 Å². The van der Waals surface area contributed by atoms with E-state index in [1.165, 1.54) is 0 Å². The molecule has 2 aromatic carbocycles. The summed E-state index contributed by atoms with van der Waals surface area (Å²) in [5.74, 6) is 1.79. The number of para-hydroxylation sites is 3. The van der Waals surface area contributed by atoms with Crippen molar-refractivity contribution in [3.8, 4) is 5.75 Å². The van der Waals surface area contributed by atoms with Crippen LogP contribution in [0.15, 0.2) is 64.0 Å². The molecule has 0 amide bonds. The molecule has 0 saturated heterocycles. The van der Waals surface area contributed by atoms with Gasteiger partial charge >= 0.3 is 0 Å². The Balaban J connectivity index is 0.00000192. The summed E-state index contributed by atoms with van der Waals surface area (Å²) in [5, 5.41) is 4.09. The zero-order valence-corrected chi connectivity index (χ0v) is 15.0. The van der Waals surface area contributed by atoms with E-state index in [9.17, 15) is 0 Å². The Labute approximate surface area is 151 Å². The Kier molecular flexibility index (Phi) is 5.86. The van der Waals surface area contributed by atoms with Crippen LogP contribution < -0.4 is 15.8 Å². The molecule has 3 aromatic rings. The van der Waals surface area contributed by atoms with Crippen molar-refractivity contribution in [2.75, 3.05) is 12.4 Å². The van der Waals surface area contributed by atoms with Gasteiger partial charge < -0.3 is 20.2 Å². The molecule has 0 radical (unpaired) electrons. The zero-order valence-electron chi connectivity index (χ0n) is 12.7. The van der Waals surface area contributed by atoms with Crippen molar-refractivity contribution in [3.05, 3.63) is 60.4 Å². The number of anilines is 1. The molecule has 0 spiro atoms. The Bertz CT molecular complexity index is 781. The number of nitrogens with zero attached hydrogens (tertiary/aromatic N) is 1. The second kappa shape index (κ2) is 7.87. The molecule has 6 heteroatoms. The fraction of sp³-hybridized carbons (Fsp3) is 0.118. The van der Waals surface area contributed by atoms with Crippen LogP contribution in [0.5, 0.6) is 5.75 Å². The van der Waals surface area contributed by atoms with Crippen LogP contribution in [0.1, 0.15) is 5.76 Å². The summed E-state index contributed by atoms with van der Waals surface area (Å²) in [4.78, 5) is 4.29. The normalized spacial score (nSPS) is 11.1. The van der Waals surface area contributed by atoms with Crippen LogP contribution in [0, 0.1) is 0 Å². The topological polar surface area (TPSA) is 72.8 Å². The molecule has 0 aliphatic heterocycles. The number of rotatable bonds is 4. The maximum atomic E-state index is 5.91. The van der Waals surface area contributed by atoms with Crippen LogP contribution in [0.3, 0.4) is 0 Å². The largest absolute Gasteiger partial charge is 0.495 e. The molecule has 5 nitrogen and oxygen atoms in total. The molecule has 0 bridgehead atoms. The van der Waals surface area contributed by atoms with Gasteiger partial charge in [0.1, 0.15) is 23.6 Å². The summed E-state index contributed by atoms with van der Waals surface area (Å²) in [7, 11) is 1.61. The van der Waals surface area contributed by atoms with E-state index in [4.69, 9.17) is 14.9 Å². The van der Waals surface area contributed by atoms with E-state index in [0.29, 0.717) is 18.3 Å². The molecule has 3 rings (SSSR count). The van der Waals surface area contributed by atoms with E-state index in [-0.39, 0.29) is 24.0 Å². The SMILES string of the molecule is COc1ccccc1NC(N)=NCc1cc2ccccc2o1.I. The van der Waals surface area contributed by atoms with Crippen molar-refractivity contribution in [2.45, 2.75) is 6.54 Å². The highest BCUT2D eigenvalue weighted by Gasteiger charge is 2.04. The molecule has 0 unspecified atom stereocenters. The molecular weight excluding hydrogens is 405 g/mol. The zero-order chi connectivity index (χ0) is 15.4. The Morgan fingerprint density at radius 1 is 1.17 bits per heavy atom. The van der Waals surface area contributed by atoms with Gasteiger partial charge in [-0.1, -0.05) is 30.3 Å². The van der Waals surface area contributed by atoms with E-state index >= 15 is 0 Å². The molecule has 3 N–H and O–H groups in total. The van der Waals surface area contributed by atoms with Gasteiger partial charge in [-0.05, 0) is 24.3 Å².